The fourth-order valence-electron chi connectivity index (χ4n) is 0.874. The zero-order valence-corrected chi connectivity index (χ0v) is 19.7. The maximum Gasteiger partial charge on any atom is 4.00 e. The maximum atomic E-state index is 3.74. The first-order valence-corrected chi connectivity index (χ1v) is 11.2. The van der Waals surface area contributed by atoms with E-state index in [1.54, 1.807) is 26.3 Å². The van der Waals surface area contributed by atoms with Gasteiger partial charge >= 0.3 is 26.2 Å². The van der Waals surface area contributed by atoms with Crippen molar-refractivity contribution in [2.75, 3.05) is 40.8 Å². The normalized spacial score (nSPS) is 8.95. The van der Waals surface area contributed by atoms with Gasteiger partial charge in [-0.2, -0.15) is 58.1 Å². The van der Waals surface area contributed by atoms with Crippen LogP contribution in [-0.4, -0.2) is 48.9 Å². The molecular weight excluding hydrogens is 366 g/mol. The van der Waals surface area contributed by atoms with Crippen LogP contribution < -0.4 is 5.19 Å². The Morgan fingerprint density at radius 2 is 0.955 bits per heavy atom. The zero-order valence-electron chi connectivity index (χ0n) is 16.3. The minimum absolute atomic E-state index is 0. The molecule has 0 radical (unpaired) electrons. The molecule has 0 heterocycles. The van der Waals surface area contributed by atoms with Crippen molar-refractivity contribution in [3.8, 4) is 0 Å². The van der Waals surface area contributed by atoms with Gasteiger partial charge in [0, 0.05) is 8.07 Å². The molecule has 128 valence electrons. The molecule has 0 aliphatic carbocycles. The van der Waals surface area contributed by atoms with Crippen LogP contribution in [0.4, 0.5) is 0 Å². The topological polar surface area (TPSA) is 42.3 Å². The molecule has 0 fully saturated rings. The number of hydrogen-bond acceptors (Lipinski definition) is 0. The first-order valence-electron chi connectivity index (χ1n) is 7.74. The third kappa shape index (κ3) is 28.5. The van der Waals surface area contributed by atoms with Gasteiger partial charge in [-0.15, -0.1) is 0 Å². The molecule has 3 nitrogen and oxygen atoms in total. The molecule has 0 bridgehead atoms. The molecule has 0 saturated heterocycles. The van der Waals surface area contributed by atoms with Crippen molar-refractivity contribution >= 4 is 13.3 Å². The van der Waals surface area contributed by atoms with Crippen LogP contribution in [0.2, 0.25) is 19.6 Å². The fourth-order valence-corrected chi connectivity index (χ4v) is 2.07. The van der Waals surface area contributed by atoms with Crippen molar-refractivity contribution in [3.05, 3.63) is 40.2 Å². The Morgan fingerprint density at radius 1 is 0.727 bits per heavy atom. The third-order valence-electron chi connectivity index (χ3n) is 2.48. The quantitative estimate of drug-likeness (QED) is 0.503. The minimum atomic E-state index is -0.981. The Bertz CT molecular complexity index is 244. The van der Waals surface area contributed by atoms with E-state index in [0.29, 0.717) is 0 Å². The number of hydrogen-bond donors (Lipinski definition) is 0. The monoisotopic (exact) mass is 401 g/mol. The molecule has 22 heavy (non-hydrogen) atoms. The maximum absolute atomic E-state index is 3.74. The molecule has 5 heteroatoms. The molecular formula is C17H37N3SiZr. The predicted molar refractivity (Wildman–Crippen MR) is 104 cm³/mol. The average molecular weight is 403 g/mol. The Balaban J connectivity index is -0.000000107. The smallest absolute Gasteiger partial charge is 0.665 e. The van der Waals surface area contributed by atoms with Crippen LogP contribution in [0.1, 0.15) is 20.8 Å². The summed E-state index contributed by atoms with van der Waals surface area (Å²) < 4.78 is 0. The summed E-state index contributed by atoms with van der Waals surface area (Å²) in [7, 11) is 4.44. The van der Waals surface area contributed by atoms with Crippen LogP contribution in [0, 0.1) is 0 Å². The van der Waals surface area contributed by atoms with E-state index in [4.69, 9.17) is 0 Å². The van der Waals surface area contributed by atoms with Gasteiger partial charge in [-0.3, -0.25) is 0 Å². The Kier molecular flexibility index (Phi) is 32.4. The van der Waals surface area contributed by atoms with Crippen LogP contribution in [-0.2, 0) is 26.2 Å². The molecule has 0 amide bonds. The molecule has 1 aromatic rings. The predicted octanol–water partition coefficient (Wildman–Crippen LogP) is 4.98. The van der Waals surface area contributed by atoms with Crippen molar-refractivity contribution in [2.45, 2.75) is 40.4 Å². The van der Waals surface area contributed by atoms with E-state index in [2.05, 4.69) is 59.9 Å². The molecule has 0 aliphatic rings. The number of rotatable bonds is 4. The summed E-state index contributed by atoms with van der Waals surface area (Å²) in [5.74, 6) is 0. The largest absolute Gasteiger partial charge is 4.00 e. The molecule has 0 saturated carbocycles. The minimum Gasteiger partial charge on any atom is -0.665 e. The molecule has 1 rings (SSSR count). The van der Waals surface area contributed by atoms with Crippen molar-refractivity contribution in [1.82, 2.24) is 0 Å². The van der Waals surface area contributed by atoms with Crippen molar-refractivity contribution in [2.24, 2.45) is 0 Å². The second-order valence-electron chi connectivity index (χ2n) is 5.32. The van der Waals surface area contributed by atoms with E-state index in [1.165, 1.54) is 0 Å². The van der Waals surface area contributed by atoms with E-state index in [-0.39, 0.29) is 26.2 Å². The molecule has 0 aliphatic heterocycles. The van der Waals surface area contributed by atoms with Gasteiger partial charge in [0.05, 0.1) is 0 Å². The summed E-state index contributed by atoms with van der Waals surface area (Å²) in [5.41, 5.74) is 0. The second kappa shape index (κ2) is 23.6. The summed E-state index contributed by atoms with van der Waals surface area (Å²) >= 11 is 0. The van der Waals surface area contributed by atoms with Gasteiger partial charge in [0.1, 0.15) is 0 Å². The SMILES string of the molecule is CC[N-]C.CC[N-]C.CC[N-]C.C[Si](C)(C)[c-]1cccc1.[Zr+4]. The van der Waals surface area contributed by atoms with Gasteiger partial charge in [0.15, 0.2) is 0 Å². The van der Waals surface area contributed by atoms with E-state index in [9.17, 15) is 0 Å². The average Bonchev–Trinajstić information content (AvgIpc) is 3.02. The van der Waals surface area contributed by atoms with Gasteiger partial charge in [0.25, 0.3) is 0 Å². The summed E-state index contributed by atoms with van der Waals surface area (Å²) in [6, 6.07) is 8.69. The van der Waals surface area contributed by atoms with Gasteiger partial charge in [0.2, 0.25) is 0 Å². The van der Waals surface area contributed by atoms with Crippen LogP contribution in [0.3, 0.4) is 0 Å². The van der Waals surface area contributed by atoms with Crippen LogP contribution in [0.15, 0.2) is 24.3 Å². The zero-order chi connectivity index (χ0) is 17.1. The summed E-state index contributed by atoms with van der Waals surface area (Å²) in [6.07, 6.45) is 0. The van der Waals surface area contributed by atoms with E-state index < -0.39 is 8.07 Å². The summed E-state index contributed by atoms with van der Waals surface area (Å²) in [5, 5.41) is 12.8. The summed E-state index contributed by atoms with van der Waals surface area (Å²) in [4.78, 5) is 0. The van der Waals surface area contributed by atoms with Gasteiger partial charge in [-0.1, -0.05) is 40.4 Å². The first-order chi connectivity index (χ1) is 9.85. The van der Waals surface area contributed by atoms with Crippen molar-refractivity contribution in [1.29, 1.82) is 0 Å². The van der Waals surface area contributed by atoms with E-state index >= 15 is 0 Å². The van der Waals surface area contributed by atoms with Crippen LogP contribution in [0.5, 0.6) is 0 Å². The molecule has 0 atom stereocenters. The molecule has 0 spiro atoms. The van der Waals surface area contributed by atoms with Crippen molar-refractivity contribution in [3.63, 3.8) is 0 Å². The standard InChI is InChI=1S/C8H13Si.3C3H8N.Zr/c1-9(2,3)8-6-4-5-7-8;3*1-3-4-2;/h4-7H,1-3H3;3*3H2,1-2H3;/q4*-1;+4. The third-order valence-corrected chi connectivity index (χ3v) is 4.54. The van der Waals surface area contributed by atoms with Crippen LogP contribution >= 0.6 is 0 Å². The Hall–Kier alpha value is 0.330. The van der Waals surface area contributed by atoms with Gasteiger partial charge < -0.3 is 16.0 Å². The molecule has 0 unspecified atom stereocenters. The molecule has 0 aromatic heterocycles. The Labute approximate surface area is 160 Å². The second-order valence-corrected chi connectivity index (χ2v) is 10.4. The molecule has 1 aromatic carbocycles. The Morgan fingerprint density at radius 3 is 1.05 bits per heavy atom. The summed E-state index contributed by atoms with van der Waals surface area (Å²) in [6.45, 7) is 16.0. The number of nitrogens with zero attached hydrogens (tertiary/aromatic N) is 3. The van der Waals surface area contributed by atoms with Crippen LogP contribution in [0.25, 0.3) is 16.0 Å². The first kappa shape index (κ1) is 30.2. The molecule has 0 N–H and O–H groups in total. The van der Waals surface area contributed by atoms with Gasteiger partial charge in [-0.05, 0) is 0 Å². The fraction of sp³-hybridized carbons (Fsp3) is 0.706. The van der Waals surface area contributed by atoms with Gasteiger partial charge in [-0.25, -0.2) is 12.1 Å². The van der Waals surface area contributed by atoms with Crippen molar-refractivity contribution < 1.29 is 26.2 Å². The van der Waals surface area contributed by atoms with E-state index in [0.717, 1.165) is 19.6 Å². The van der Waals surface area contributed by atoms with E-state index in [1.807, 2.05) is 20.8 Å².